The molecule has 0 unspecified atom stereocenters. The minimum Gasteiger partial charge on any atom is -0.488 e. The molecule has 0 radical (unpaired) electrons. The summed E-state index contributed by atoms with van der Waals surface area (Å²) in [4.78, 5) is 11.5. The molecule has 1 fully saturated rings. The topological polar surface area (TPSA) is 44.8 Å². The highest BCUT2D eigenvalue weighted by atomic mass is 32.2. The lowest BCUT2D eigenvalue weighted by Gasteiger charge is -2.32. The standard InChI is InChI=1S/C21H31BO4S/c1-15(23)27-14-17(22-25-20(5,6)21(7,8)26-22)13-16-9-11-18(12-10-16)24-19(2,3)4/h9-13H,14H2,1-8H3. The molecule has 1 aromatic rings. The van der Waals surface area contributed by atoms with Gasteiger partial charge in [0.25, 0.3) is 0 Å². The first kappa shape index (κ1) is 22.1. The van der Waals surface area contributed by atoms with E-state index < -0.39 is 18.3 Å². The molecule has 1 heterocycles. The van der Waals surface area contributed by atoms with Gasteiger partial charge in [0, 0.05) is 12.7 Å². The van der Waals surface area contributed by atoms with Crippen LogP contribution in [0.15, 0.2) is 29.7 Å². The van der Waals surface area contributed by atoms with E-state index in [-0.39, 0.29) is 10.7 Å². The van der Waals surface area contributed by atoms with Crippen molar-refractivity contribution in [3.63, 3.8) is 0 Å². The molecule has 1 aliphatic heterocycles. The molecule has 148 valence electrons. The van der Waals surface area contributed by atoms with Gasteiger partial charge in [0.05, 0.1) is 11.2 Å². The number of hydrogen-bond acceptors (Lipinski definition) is 5. The summed E-state index contributed by atoms with van der Waals surface area (Å²) in [5, 5.41) is 0.0753. The van der Waals surface area contributed by atoms with Crippen LogP contribution in [0.25, 0.3) is 6.08 Å². The summed E-state index contributed by atoms with van der Waals surface area (Å²) in [5.41, 5.74) is 0.899. The second kappa shape index (κ2) is 8.02. The van der Waals surface area contributed by atoms with Gasteiger partial charge in [-0.2, -0.15) is 0 Å². The van der Waals surface area contributed by atoms with E-state index in [0.717, 1.165) is 16.8 Å². The van der Waals surface area contributed by atoms with Crippen molar-refractivity contribution >= 4 is 30.1 Å². The van der Waals surface area contributed by atoms with Crippen LogP contribution in [0.5, 0.6) is 5.75 Å². The zero-order valence-corrected chi connectivity index (χ0v) is 18.5. The van der Waals surface area contributed by atoms with Crippen molar-refractivity contribution in [1.82, 2.24) is 0 Å². The summed E-state index contributed by atoms with van der Waals surface area (Å²) in [7, 11) is -0.465. The largest absolute Gasteiger partial charge is 0.491 e. The van der Waals surface area contributed by atoms with Crippen molar-refractivity contribution in [3.05, 3.63) is 35.3 Å². The Morgan fingerprint density at radius 1 is 1.11 bits per heavy atom. The first-order valence-corrected chi connectivity index (χ1v) is 10.3. The van der Waals surface area contributed by atoms with Crippen molar-refractivity contribution in [2.24, 2.45) is 0 Å². The fourth-order valence-corrected chi connectivity index (χ4v) is 3.15. The van der Waals surface area contributed by atoms with Crippen molar-refractivity contribution in [3.8, 4) is 5.75 Å². The maximum Gasteiger partial charge on any atom is 0.491 e. The molecule has 0 spiro atoms. The maximum absolute atomic E-state index is 11.5. The van der Waals surface area contributed by atoms with Gasteiger partial charge in [-0.25, -0.2) is 0 Å². The SMILES string of the molecule is CC(=O)SCC(=Cc1ccc(OC(C)(C)C)cc1)B1OC(C)(C)C(C)(C)O1. The summed E-state index contributed by atoms with van der Waals surface area (Å²) in [6.45, 7) is 15.8. The second-order valence-corrected chi connectivity index (χ2v) is 10.0. The summed E-state index contributed by atoms with van der Waals surface area (Å²) in [6, 6.07) is 7.92. The van der Waals surface area contributed by atoms with Crippen LogP contribution in [0.1, 0.15) is 61.0 Å². The molecule has 0 N–H and O–H groups in total. The third-order valence-electron chi connectivity index (χ3n) is 4.65. The summed E-state index contributed by atoms with van der Waals surface area (Å²) in [6.07, 6.45) is 2.04. The van der Waals surface area contributed by atoms with Crippen molar-refractivity contribution < 1.29 is 18.8 Å². The molecule has 1 saturated heterocycles. The first-order chi connectivity index (χ1) is 12.3. The van der Waals surface area contributed by atoms with E-state index in [1.807, 2.05) is 78.8 Å². The fraction of sp³-hybridized carbons (Fsp3) is 0.571. The number of thioether (sulfide) groups is 1. The molecule has 0 aromatic heterocycles. The highest BCUT2D eigenvalue weighted by Crippen LogP contribution is 2.39. The quantitative estimate of drug-likeness (QED) is 0.650. The number of rotatable bonds is 5. The summed E-state index contributed by atoms with van der Waals surface area (Å²) < 4.78 is 18.2. The molecule has 6 heteroatoms. The van der Waals surface area contributed by atoms with Crippen LogP contribution < -0.4 is 4.74 Å². The molecule has 2 rings (SSSR count). The molecular weight excluding hydrogens is 359 g/mol. The number of benzene rings is 1. The van der Waals surface area contributed by atoms with E-state index in [1.165, 1.54) is 11.8 Å². The van der Waals surface area contributed by atoms with Gasteiger partial charge in [-0.1, -0.05) is 30.0 Å². The zero-order valence-electron chi connectivity index (χ0n) is 17.7. The highest BCUT2D eigenvalue weighted by Gasteiger charge is 2.52. The van der Waals surface area contributed by atoms with Crippen LogP contribution in [0.3, 0.4) is 0 Å². The van der Waals surface area contributed by atoms with Gasteiger partial charge in [0.2, 0.25) is 0 Å². The van der Waals surface area contributed by atoms with Crippen LogP contribution in [-0.2, 0) is 14.1 Å². The van der Waals surface area contributed by atoms with Gasteiger partial charge in [-0.3, -0.25) is 4.79 Å². The van der Waals surface area contributed by atoms with Gasteiger partial charge < -0.3 is 14.0 Å². The lowest BCUT2D eigenvalue weighted by molar-refractivity contribution is -0.109. The van der Waals surface area contributed by atoms with Gasteiger partial charge in [-0.15, -0.1) is 0 Å². The molecule has 27 heavy (non-hydrogen) atoms. The number of carbonyl (C=O) groups is 1. The molecule has 0 bridgehead atoms. The van der Waals surface area contributed by atoms with Gasteiger partial charge in [-0.05, 0) is 71.6 Å². The van der Waals surface area contributed by atoms with Crippen LogP contribution >= 0.6 is 11.8 Å². The molecular formula is C21H31BO4S. The molecule has 0 amide bonds. The Labute approximate surface area is 168 Å². The summed E-state index contributed by atoms with van der Waals surface area (Å²) >= 11 is 1.26. The Morgan fingerprint density at radius 2 is 1.63 bits per heavy atom. The third kappa shape index (κ3) is 6.13. The minimum absolute atomic E-state index is 0.0753. The van der Waals surface area contributed by atoms with E-state index in [9.17, 15) is 4.79 Å². The average Bonchev–Trinajstić information content (AvgIpc) is 2.71. The molecule has 1 aromatic carbocycles. The Morgan fingerprint density at radius 3 is 2.07 bits per heavy atom. The smallest absolute Gasteiger partial charge is 0.488 e. The lowest BCUT2D eigenvalue weighted by atomic mass is 9.78. The number of ether oxygens (including phenoxy) is 1. The van der Waals surface area contributed by atoms with E-state index in [4.69, 9.17) is 14.0 Å². The van der Waals surface area contributed by atoms with Gasteiger partial charge >= 0.3 is 7.12 Å². The van der Waals surface area contributed by atoms with Crippen LogP contribution in [0, 0.1) is 0 Å². The fourth-order valence-electron chi connectivity index (χ4n) is 2.56. The van der Waals surface area contributed by atoms with Crippen molar-refractivity contribution in [2.75, 3.05) is 5.75 Å². The molecule has 0 atom stereocenters. The Balaban J connectivity index is 2.25. The maximum atomic E-state index is 11.5. The Bertz CT molecular complexity index is 686. The normalized spacial score (nSPS) is 19.3. The minimum atomic E-state index is -0.465. The highest BCUT2D eigenvalue weighted by molar-refractivity contribution is 8.13. The Hall–Kier alpha value is -1.24. The number of carbonyl (C=O) groups excluding carboxylic acids is 1. The van der Waals surface area contributed by atoms with E-state index in [2.05, 4.69) is 0 Å². The monoisotopic (exact) mass is 390 g/mol. The lowest BCUT2D eigenvalue weighted by Crippen LogP contribution is -2.41. The first-order valence-electron chi connectivity index (χ1n) is 9.28. The van der Waals surface area contributed by atoms with E-state index in [1.54, 1.807) is 6.92 Å². The van der Waals surface area contributed by atoms with Gasteiger partial charge in [0.1, 0.15) is 11.4 Å². The second-order valence-electron chi connectivity index (χ2n) is 8.87. The van der Waals surface area contributed by atoms with Crippen LogP contribution in [-0.4, -0.2) is 34.8 Å². The predicted octanol–water partition coefficient (Wildman–Crippen LogP) is 5.16. The van der Waals surface area contributed by atoms with Crippen LogP contribution in [0.2, 0.25) is 0 Å². The average molecular weight is 390 g/mol. The zero-order chi connectivity index (χ0) is 20.5. The third-order valence-corrected chi connectivity index (χ3v) is 5.54. The molecule has 0 saturated carbocycles. The molecule has 4 nitrogen and oxygen atoms in total. The van der Waals surface area contributed by atoms with E-state index in [0.29, 0.717) is 5.75 Å². The van der Waals surface area contributed by atoms with Crippen molar-refractivity contribution in [2.45, 2.75) is 72.2 Å². The van der Waals surface area contributed by atoms with Gasteiger partial charge in [0.15, 0.2) is 5.12 Å². The molecule has 0 aliphatic carbocycles. The molecule has 1 aliphatic rings. The predicted molar refractivity (Wildman–Crippen MR) is 114 cm³/mol. The van der Waals surface area contributed by atoms with E-state index >= 15 is 0 Å². The van der Waals surface area contributed by atoms with Crippen molar-refractivity contribution in [1.29, 1.82) is 0 Å². The number of hydrogen-bond donors (Lipinski definition) is 0. The summed E-state index contributed by atoms with van der Waals surface area (Å²) in [5.74, 6) is 1.36. The van der Waals surface area contributed by atoms with Crippen LogP contribution in [0.4, 0.5) is 0 Å². The Kier molecular flexibility index (Phi) is 6.55.